The Bertz CT molecular complexity index is 1940. The van der Waals surface area contributed by atoms with Crippen molar-refractivity contribution in [1.82, 2.24) is 39.3 Å². The predicted octanol–water partition coefficient (Wildman–Crippen LogP) is 4.93. The van der Waals surface area contributed by atoms with Gasteiger partial charge in [0.25, 0.3) is 5.56 Å². The minimum absolute atomic E-state index is 0.0285. The van der Waals surface area contributed by atoms with Gasteiger partial charge in [0.05, 0.1) is 77.0 Å². The number of fused-ring (bicyclic) bond motifs is 4. The van der Waals surface area contributed by atoms with Gasteiger partial charge >= 0.3 is 0 Å². The number of rotatable bonds is 5. The normalized spacial score (nSPS) is 17.1. The summed E-state index contributed by atoms with van der Waals surface area (Å²) in [7, 11) is 0. The molecule has 5 heterocycles. The number of anilines is 1. The van der Waals surface area contributed by atoms with Gasteiger partial charge in [0.2, 0.25) is 5.91 Å². The van der Waals surface area contributed by atoms with Gasteiger partial charge in [-0.15, -0.1) is 5.10 Å². The lowest BCUT2D eigenvalue weighted by atomic mass is 9.99. The fourth-order valence-corrected chi connectivity index (χ4v) is 5.83. The zero-order valence-electron chi connectivity index (χ0n) is 24.1. The quantitative estimate of drug-likeness (QED) is 0.272. The lowest BCUT2D eigenvalue weighted by Gasteiger charge is -2.21. The van der Waals surface area contributed by atoms with E-state index in [1.54, 1.807) is 29.2 Å². The number of pyridine rings is 1. The topological polar surface area (TPSA) is 146 Å². The van der Waals surface area contributed by atoms with Crippen molar-refractivity contribution in [3.8, 4) is 28.2 Å². The molecule has 1 aliphatic heterocycles. The Balaban J connectivity index is 1.45. The highest BCUT2D eigenvalue weighted by Gasteiger charge is 2.25. The molecule has 15 heteroatoms. The van der Waals surface area contributed by atoms with Gasteiger partial charge in [-0.2, -0.15) is 5.10 Å². The average molecular weight is 653 g/mol. The molecular formula is C30H28Cl2FN9O3. The van der Waals surface area contributed by atoms with Crippen LogP contribution in [0.15, 0.2) is 60.0 Å². The molecule has 6 rings (SSSR count). The lowest BCUT2D eigenvalue weighted by Crippen LogP contribution is -2.26. The second-order valence-corrected chi connectivity index (χ2v) is 11.6. The van der Waals surface area contributed by atoms with Crippen LogP contribution >= 0.6 is 23.2 Å². The second-order valence-electron chi connectivity index (χ2n) is 10.8. The Morgan fingerprint density at radius 3 is 2.69 bits per heavy atom. The van der Waals surface area contributed by atoms with Crippen molar-refractivity contribution in [2.75, 3.05) is 11.9 Å². The maximum Gasteiger partial charge on any atom is 0.254 e. The standard InChI is InChI=1S/C30H28Cl2FN9O3/c1-17-4-2-3-5-23(20-12-18(8-9-34-20)29-22(37-30(17)45)14-36-41(29)10-11-43)40-16-35-21(13-26(40)44)27-24(7-6-19(31)28(27)33)42-15-25(32)38-39-42/h6-9,12-17,23,43H,2-5,10-11H2,1H3,(H,37,45). The van der Waals surface area contributed by atoms with Gasteiger partial charge in [0.1, 0.15) is 0 Å². The molecule has 4 aromatic heterocycles. The van der Waals surface area contributed by atoms with Crippen LogP contribution in [0.4, 0.5) is 10.1 Å². The summed E-state index contributed by atoms with van der Waals surface area (Å²) < 4.78 is 19.8. The number of benzene rings is 1. The van der Waals surface area contributed by atoms with E-state index in [0.717, 1.165) is 6.42 Å². The van der Waals surface area contributed by atoms with Gasteiger partial charge in [0, 0.05) is 23.7 Å². The largest absolute Gasteiger partial charge is 0.394 e. The van der Waals surface area contributed by atoms with E-state index in [2.05, 4.69) is 30.7 Å². The van der Waals surface area contributed by atoms with Gasteiger partial charge in [-0.05, 0) is 37.1 Å². The van der Waals surface area contributed by atoms with E-state index in [4.69, 9.17) is 23.2 Å². The summed E-state index contributed by atoms with van der Waals surface area (Å²) >= 11 is 12.1. The maximum absolute atomic E-state index is 15.5. The third-order valence-corrected chi connectivity index (χ3v) is 8.30. The van der Waals surface area contributed by atoms with Crippen molar-refractivity contribution in [3.63, 3.8) is 0 Å². The highest BCUT2D eigenvalue weighted by atomic mass is 35.5. The summed E-state index contributed by atoms with van der Waals surface area (Å²) in [5, 5.41) is 24.7. The SMILES string of the molecule is CC1CCCCC(n2cnc(-c3c(-n4cc(Cl)nn4)ccc(Cl)c3F)cc2=O)c2cc(ccn2)-c2c(cnn2CCO)NC1=O. The minimum Gasteiger partial charge on any atom is -0.394 e. The number of nitrogens with one attached hydrogen (secondary N) is 1. The fraction of sp³-hybridized carbons (Fsp3) is 0.300. The van der Waals surface area contributed by atoms with E-state index in [0.29, 0.717) is 41.9 Å². The van der Waals surface area contributed by atoms with E-state index in [1.165, 1.54) is 33.9 Å². The highest BCUT2D eigenvalue weighted by molar-refractivity contribution is 6.31. The molecule has 2 atom stereocenters. The molecule has 0 radical (unpaired) electrons. The molecule has 0 fully saturated rings. The second kappa shape index (κ2) is 12.9. The number of halogens is 3. The van der Waals surface area contributed by atoms with Crippen LogP contribution in [-0.2, 0) is 11.3 Å². The number of aliphatic hydroxyl groups is 1. The van der Waals surface area contributed by atoms with Crippen LogP contribution in [0.25, 0.3) is 28.2 Å². The summed E-state index contributed by atoms with van der Waals surface area (Å²) in [6, 6.07) is 7.28. The fourth-order valence-electron chi connectivity index (χ4n) is 5.55. The third-order valence-electron chi connectivity index (χ3n) is 7.83. The Labute approximate surface area is 266 Å². The molecule has 0 spiro atoms. The number of aromatic nitrogens is 8. The Kier molecular flexibility index (Phi) is 8.74. The average Bonchev–Trinajstić information content (AvgIpc) is 3.64. The van der Waals surface area contributed by atoms with Gasteiger partial charge < -0.3 is 10.4 Å². The molecular weight excluding hydrogens is 624 g/mol. The number of nitrogens with zero attached hydrogens (tertiary/aromatic N) is 8. The van der Waals surface area contributed by atoms with E-state index >= 15 is 4.39 Å². The number of aliphatic hydroxyl groups excluding tert-OH is 1. The summed E-state index contributed by atoms with van der Waals surface area (Å²) in [6.45, 7) is 1.94. The summed E-state index contributed by atoms with van der Waals surface area (Å²) in [5.74, 6) is -1.15. The number of hydrogen-bond acceptors (Lipinski definition) is 8. The van der Waals surface area contributed by atoms with Crippen LogP contribution in [0.1, 0.15) is 44.3 Å². The van der Waals surface area contributed by atoms with E-state index in [-0.39, 0.29) is 52.1 Å². The van der Waals surface area contributed by atoms with Crippen molar-refractivity contribution in [1.29, 1.82) is 0 Å². The molecule has 2 bridgehead atoms. The molecule has 2 N–H and O–H groups in total. The van der Waals surface area contributed by atoms with Crippen molar-refractivity contribution in [3.05, 3.63) is 87.3 Å². The van der Waals surface area contributed by atoms with Crippen LogP contribution in [0.3, 0.4) is 0 Å². The van der Waals surface area contributed by atoms with Crippen molar-refractivity contribution in [2.24, 2.45) is 5.92 Å². The van der Waals surface area contributed by atoms with E-state index in [1.807, 2.05) is 13.0 Å². The van der Waals surface area contributed by atoms with Crippen molar-refractivity contribution in [2.45, 2.75) is 45.2 Å². The lowest BCUT2D eigenvalue weighted by molar-refractivity contribution is -0.119. The molecule has 45 heavy (non-hydrogen) atoms. The molecule has 0 aliphatic carbocycles. The van der Waals surface area contributed by atoms with Crippen molar-refractivity contribution < 1.29 is 14.3 Å². The Morgan fingerprint density at radius 2 is 1.93 bits per heavy atom. The zero-order chi connectivity index (χ0) is 31.7. The minimum atomic E-state index is -0.769. The predicted molar refractivity (Wildman–Crippen MR) is 166 cm³/mol. The summed E-state index contributed by atoms with van der Waals surface area (Å²) in [6.07, 6.45) is 8.58. The van der Waals surface area contributed by atoms with Crippen LogP contribution in [-0.4, -0.2) is 56.9 Å². The van der Waals surface area contributed by atoms with Crippen LogP contribution < -0.4 is 10.9 Å². The number of carbonyl (C=O) groups is 1. The first kappa shape index (κ1) is 30.6. The number of carbonyl (C=O) groups excluding carboxylic acids is 1. The monoisotopic (exact) mass is 651 g/mol. The molecule has 1 aromatic carbocycles. The van der Waals surface area contributed by atoms with E-state index in [9.17, 15) is 14.7 Å². The van der Waals surface area contributed by atoms with Crippen LogP contribution in [0.5, 0.6) is 0 Å². The molecule has 1 aliphatic rings. The zero-order valence-corrected chi connectivity index (χ0v) is 25.6. The first-order valence-corrected chi connectivity index (χ1v) is 15.1. The molecule has 2 unspecified atom stereocenters. The number of hydrogen-bond donors (Lipinski definition) is 2. The first-order valence-electron chi connectivity index (χ1n) is 14.3. The molecule has 5 aromatic rings. The molecule has 232 valence electrons. The smallest absolute Gasteiger partial charge is 0.254 e. The highest BCUT2D eigenvalue weighted by Crippen LogP contribution is 2.34. The summed E-state index contributed by atoms with van der Waals surface area (Å²) in [5.41, 5.74) is 2.28. The summed E-state index contributed by atoms with van der Waals surface area (Å²) in [4.78, 5) is 35.9. The number of amides is 1. The van der Waals surface area contributed by atoms with Crippen LogP contribution in [0, 0.1) is 11.7 Å². The molecule has 0 saturated carbocycles. The molecule has 12 nitrogen and oxygen atoms in total. The Morgan fingerprint density at radius 1 is 1.11 bits per heavy atom. The Hall–Kier alpha value is -4.46. The maximum atomic E-state index is 15.5. The third kappa shape index (κ3) is 6.10. The van der Waals surface area contributed by atoms with Gasteiger partial charge in [-0.25, -0.2) is 14.1 Å². The van der Waals surface area contributed by atoms with Crippen LogP contribution in [0.2, 0.25) is 10.2 Å². The first-order chi connectivity index (χ1) is 21.7. The van der Waals surface area contributed by atoms with Crippen molar-refractivity contribution >= 4 is 34.8 Å². The van der Waals surface area contributed by atoms with Gasteiger partial charge in [0.15, 0.2) is 11.0 Å². The van der Waals surface area contributed by atoms with Gasteiger partial charge in [-0.1, -0.05) is 48.2 Å². The van der Waals surface area contributed by atoms with E-state index < -0.39 is 17.4 Å². The van der Waals surface area contributed by atoms with Gasteiger partial charge in [-0.3, -0.25) is 23.8 Å². The molecule has 0 saturated heterocycles. The molecule has 1 amide bonds.